The van der Waals surface area contributed by atoms with Gasteiger partial charge in [0.2, 0.25) is 0 Å². The second-order valence-corrected chi connectivity index (χ2v) is 4.50. The highest BCUT2D eigenvalue weighted by Crippen LogP contribution is 2.31. The lowest BCUT2D eigenvalue weighted by atomic mass is 10.1. The number of nitrogens with zero attached hydrogens (tertiary/aromatic N) is 2. The molecule has 0 unspecified atom stereocenters. The molecule has 0 heterocycles. The van der Waals surface area contributed by atoms with Crippen molar-refractivity contribution in [3.63, 3.8) is 0 Å². The molecule has 0 saturated heterocycles. The maximum Gasteiger partial charge on any atom is 0.320 e. The van der Waals surface area contributed by atoms with Crippen molar-refractivity contribution in [2.75, 3.05) is 34.9 Å². The van der Waals surface area contributed by atoms with E-state index in [1.54, 1.807) is 39.3 Å². The zero-order chi connectivity index (χ0) is 15.1. The van der Waals surface area contributed by atoms with Crippen molar-refractivity contribution in [2.45, 2.75) is 6.54 Å². The molecular formula is C15H22N2O3. The second kappa shape index (κ2) is 7.43. The number of hydrogen-bond acceptors (Lipinski definition) is 3. The van der Waals surface area contributed by atoms with Crippen LogP contribution in [0.15, 0.2) is 30.9 Å². The number of carbonyl (C=O) groups is 1. The van der Waals surface area contributed by atoms with Gasteiger partial charge in [-0.1, -0.05) is 18.2 Å². The van der Waals surface area contributed by atoms with E-state index in [0.29, 0.717) is 24.6 Å². The van der Waals surface area contributed by atoms with Gasteiger partial charge in [0.05, 0.1) is 20.8 Å². The van der Waals surface area contributed by atoms with Crippen LogP contribution in [0.25, 0.3) is 0 Å². The molecule has 5 nitrogen and oxygen atoms in total. The van der Waals surface area contributed by atoms with Gasteiger partial charge in [0.1, 0.15) is 0 Å². The summed E-state index contributed by atoms with van der Waals surface area (Å²) >= 11 is 0. The molecule has 0 radical (unpaired) electrons. The maximum absolute atomic E-state index is 12.1. The van der Waals surface area contributed by atoms with Crippen molar-refractivity contribution in [3.8, 4) is 11.5 Å². The molecule has 1 aromatic carbocycles. The van der Waals surface area contributed by atoms with Gasteiger partial charge in [0, 0.05) is 26.2 Å². The van der Waals surface area contributed by atoms with Crippen LogP contribution < -0.4 is 9.47 Å². The van der Waals surface area contributed by atoms with Crippen LogP contribution >= 0.6 is 0 Å². The summed E-state index contributed by atoms with van der Waals surface area (Å²) in [6.45, 7) is 4.60. The van der Waals surface area contributed by atoms with Crippen molar-refractivity contribution in [1.82, 2.24) is 9.80 Å². The minimum Gasteiger partial charge on any atom is -0.493 e. The Labute approximate surface area is 120 Å². The normalized spacial score (nSPS) is 9.80. The summed E-state index contributed by atoms with van der Waals surface area (Å²) in [4.78, 5) is 15.3. The molecule has 0 saturated carbocycles. The number of urea groups is 1. The molecule has 0 fully saturated rings. The van der Waals surface area contributed by atoms with Gasteiger partial charge in [-0.05, 0) is 6.07 Å². The molecule has 0 aliphatic rings. The highest BCUT2D eigenvalue weighted by atomic mass is 16.5. The fourth-order valence-corrected chi connectivity index (χ4v) is 1.93. The molecule has 110 valence electrons. The molecule has 0 bridgehead atoms. The van der Waals surface area contributed by atoms with Crippen LogP contribution in [0.1, 0.15) is 5.56 Å². The molecule has 0 atom stereocenters. The molecule has 0 aliphatic heterocycles. The first-order valence-electron chi connectivity index (χ1n) is 6.32. The largest absolute Gasteiger partial charge is 0.493 e. The van der Waals surface area contributed by atoms with E-state index in [1.807, 2.05) is 18.2 Å². The highest BCUT2D eigenvalue weighted by Gasteiger charge is 2.18. The SMILES string of the molecule is C=CCN(Cc1cccc(OC)c1OC)C(=O)N(C)C. The molecule has 2 amide bonds. The van der Waals surface area contributed by atoms with Gasteiger partial charge in [-0.3, -0.25) is 0 Å². The molecule has 0 spiro atoms. The first kappa shape index (κ1) is 15.9. The van der Waals surface area contributed by atoms with Crippen molar-refractivity contribution in [1.29, 1.82) is 0 Å². The minimum atomic E-state index is -0.0743. The zero-order valence-corrected chi connectivity index (χ0v) is 12.5. The van der Waals surface area contributed by atoms with Crippen LogP contribution in [-0.4, -0.2) is 50.7 Å². The van der Waals surface area contributed by atoms with E-state index in [1.165, 1.54) is 4.90 Å². The monoisotopic (exact) mass is 278 g/mol. The van der Waals surface area contributed by atoms with Crippen LogP contribution in [0.2, 0.25) is 0 Å². The summed E-state index contributed by atoms with van der Waals surface area (Å²) in [5, 5.41) is 0. The Morgan fingerprint density at radius 1 is 1.30 bits per heavy atom. The van der Waals surface area contributed by atoms with Crippen LogP contribution in [0.4, 0.5) is 4.79 Å². The lowest BCUT2D eigenvalue weighted by Crippen LogP contribution is -2.38. The second-order valence-electron chi connectivity index (χ2n) is 4.50. The van der Waals surface area contributed by atoms with Gasteiger partial charge < -0.3 is 19.3 Å². The number of carbonyl (C=O) groups excluding carboxylic acids is 1. The summed E-state index contributed by atoms with van der Waals surface area (Å²) < 4.78 is 10.7. The molecule has 20 heavy (non-hydrogen) atoms. The number of benzene rings is 1. The Morgan fingerprint density at radius 2 is 2.00 bits per heavy atom. The van der Waals surface area contributed by atoms with E-state index in [9.17, 15) is 4.79 Å². The summed E-state index contributed by atoms with van der Waals surface area (Å²) in [5.41, 5.74) is 0.893. The number of rotatable bonds is 6. The van der Waals surface area contributed by atoms with Crippen LogP contribution in [0, 0.1) is 0 Å². The highest BCUT2D eigenvalue weighted by molar-refractivity contribution is 5.74. The third-order valence-corrected chi connectivity index (χ3v) is 2.85. The van der Waals surface area contributed by atoms with Crippen LogP contribution in [0.3, 0.4) is 0 Å². The van der Waals surface area contributed by atoms with E-state index in [4.69, 9.17) is 9.47 Å². The van der Waals surface area contributed by atoms with E-state index in [0.717, 1.165) is 5.56 Å². The Hall–Kier alpha value is -2.17. The standard InChI is InChI=1S/C15H22N2O3/c1-6-10-17(15(18)16(2)3)11-12-8-7-9-13(19-4)14(12)20-5/h6-9H,1,10-11H2,2-5H3. The average Bonchev–Trinajstić information content (AvgIpc) is 2.45. The third-order valence-electron chi connectivity index (χ3n) is 2.85. The average molecular weight is 278 g/mol. The van der Waals surface area contributed by atoms with Crippen LogP contribution in [-0.2, 0) is 6.54 Å². The van der Waals surface area contributed by atoms with Crippen LogP contribution in [0.5, 0.6) is 11.5 Å². The lowest BCUT2D eigenvalue weighted by molar-refractivity contribution is 0.173. The van der Waals surface area contributed by atoms with Gasteiger partial charge in [-0.2, -0.15) is 0 Å². The fourth-order valence-electron chi connectivity index (χ4n) is 1.93. The number of methoxy groups -OCH3 is 2. The molecule has 0 aliphatic carbocycles. The van der Waals surface area contributed by atoms with Crippen molar-refractivity contribution >= 4 is 6.03 Å². The Balaban J connectivity index is 3.04. The van der Waals surface area contributed by atoms with Crippen molar-refractivity contribution < 1.29 is 14.3 Å². The smallest absolute Gasteiger partial charge is 0.320 e. The number of amides is 2. The Bertz CT molecular complexity index is 472. The summed E-state index contributed by atoms with van der Waals surface area (Å²) in [5.74, 6) is 1.30. The number of para-hydroxylation sites is 1. The maximum atomic E-state index is 12.1. The molecular weight excluding hydrogens is 256 g/mol. The van der Waals surface area contributed by atoms with Gasteiger partial charge in [0.15, 0.2) is 11.5 Å². The minimum absolute atomic E-state index is 0.0743. The number of hydrogen-bond donors (Lipinski definition) is 0. The zero-order valence-electron chi connectivity index (χ0n) is 12.5. The van der Waals surface area contributed by atoms with Gasteiger partial charge >= 0.3 is 6.03 Å². The summed E-state index contributed by atoms with van der Waals surface area (Å²) in [7, 11) is 6.63. The van der Waals surface area contributed by atoms with E-state index >= 15 is 0 Å². The Kier molecular flexibility index (Phi) is 5.90. The lowest BCUT2D eigenvalue weighted by Gasteiger charge is -2.26. The van der Waals surface area contributed by atoms with Crippen molar-refractivity contribution in [3.05, 3.63) is 36.4 Å². The Morgan fingerprint density at radius 3 is 2.50 bits per heavy atom. The molecule has 1 aromatic rings. The predicted molar refractivity (Wildman–Crippen MR) is 79.2 cm³/mol. The topological polar surface area (TPSA) is 42.0 Å². The molecule has 5 heteroatoms. The first-order valence-corrected chi connectivity index (χ1v) is 6.32. The van der Waals surface area contributed by atoms with Crippen molar-refractivity contribution in [2.24, 2.45) is 0 Å². The van der Waals surface area contributed by atoms with E-state index in [2.05, 4.69) is 6.58 Å². The quantitative estimate of drug-likeness (QED) is 0.750. The fraction of sp³-hybridized carbons (Fsp3) is 0.400. The third kappa shape index (κ3) is 3.66. The van der Waals surface area contributed by atoms with Gasteiger partial charge in [-0.25, -0.2) is 4.79 Å². The molecule has 1 rings (SSSR count). The van der Waals surface area contributed by atoms with Gasteiger partial charge in [0.25, 0.3) is 0 Å². The molecule has 0 aromatic heterocycles. The predicted octanol–water partition coefficient (Wildman–Crippen LogP) is 2.37. The number of ether oxygens (including phenoxy) is 2. The summed E-state index contributed by atoms with van der Waals surface area (Å²) in [6, 6.07) is 5.55. The molecule has 0 N–H and O–H groups in total. The van der Waals surface area contributed by atoms with E-state index in [-0.39, 0.29) is 6.03 Å². The first-order chi connectivity index (χ1) is 9.54. The summed E-state index contributed by atoms with van der Waals surface area (Å²) in [6.07, 6.45) is 1.70. The van der Waals surface area contributed by atoms with Gasteiger partial charge in [-0.15, -0.1) is 6.58 Å². The van der Waals surface area contributed by atoms with E-state index < -0.39 is 0 Å².